The first-order valence-electron chi connectivity index (χ1n) is 6.36. The summed E-state index contributed by atoms with van der Waals surface area (Å²) in [6.07, 6.45) is 6.11. The van der Waals surface area contributed by atoms with Crippen molar-refractivity contribution < 1.29 is 4.79 Å². The number of nitrogens with zero attached hydrogens (tertiary/aromatic N) is 2. The molecule has 0 aliphatic heterocycles. The highest BCUT2D eigenvalue weighted by atomic mass is 35.5. The smallest absolute Gasteiger partial charge is 0.322 e. The molecule has 0 saturated carbocycles. The molecule has 0 fully saturated rings. The number of nitrogens with one attached hydrogen (secondary N) is 1. The number of hydrogen-bond acceptors (Lipinski definition) is 6. The Bertz CT molecular complexity index is 467. The Hall–Kier alpha value is 0.240. The van der Waals surface area contributed by atoms with Gasteiger partial charge in [0.1, 0.15) is 10.7 Å². The van der Waals surface area contributed by atoms with Crippen LogP contribution in [0.15, 0.2) is 0 Å². The van der Waals surface area contributed by atoms with Crippen LogP contribution in [0.2, 0.25) is 4.47 Å². The predicted molar refractivity (Wildman–Crippen MR) is 101 cm³/mol. The van der Waals surface area contributed by atoms with Gasteiger partial charge in [-0.3, -0.25) is 5.32 Å². The minimum absolute atomic E-state index is 0.112. The molecule has 9 heteroatoms. The van der Waals surface area contributed by atoms with E-state index in [4.69, 9.17) is 11.6 Å². The minimum Gasteiger partial charge on any atom is -0.325 e. The number of urea groups is 1. The van der Waals surface area contributed by atoms with Gasteiger partial charge in [0.15, 0.2) is 7.88 Å². The van der Waals surface area contributed by atoms with Crippen LogP contribution in [0.5, 0.6) is 0 Å². The molecule has 0 aromatic carbocycles. The average Bonchev–Trinajstić information content (AvgIpc) is 2.84. The van der Waals surface area contributed by atoms with E-state index in [9.17, 15) is 4.79 Å². The number of thioether (sulfide) groups is 3. The Morgan fingerprint density at radius 3 is 2.24 bits per heavy atom. The van der Waals surface area contributed by atoms with Crippen LogP contribution >= 0.6 is 58.2 Å². The molecule has 120 valence electrons. The van der Waals surface area contributed by atoms with Gasteiger partial charge in [-0.1, -0.05) is 22.9 Å². The molecule has 1 heterocycles. The van der Waals surface area contributed by atoms with Crippen molar-refractivity contribution in [3.05, 3.63) is 10.2 Å². The molecule has 4 nitrogen and oxygen atoms in total. The van der Waals surface area contributed by atoms with Crippen molar-refractivity contribution in [1.82, 2.24) is 9.88 Å². The van der Waals surface area contributed by atoms with Gasteiger partial charge >= 0.3 is 6.03 Å². The Morgan fingerprint density at radius 1 is 1.29 bits per heavy atom. The minimum atomic E-state index is -0.268. The number of rotatable bonds is 7. The monoisotopic (exact) mass is 385 g/mol. The summed E-state index contributed by atoms with van der Waals surface area (Å²) in [5.41, 5.74) is 0.825. The number of amides is 2. The molecular formula is C12H20ClN3OS4. The second-order valence-corrected chi connectivity index (χ2v) is 9.33. The van der Waals surface area contributed by atoms with Crippen LogP contribution in [0, 0.1) is 0 Å². The number of carbonyl (C=O) groups is 1. The molecule has 1 aromatic heterocycles. The van der Waals surface area contributed by atoms with Crippen LogP contribution in [0.1, 0.15) is 19.5 Å². The van der Waals surface area contributed by atoms with Crippen molar-refractivity contribution in [1.29, 1.82) is 0 Å². The predicted octanol–water partition coefficient (Wildman–Crippen LogP) is 4.87. The third-order valence-electron chi connectivity index (χ3n) is 2.97. The summed E-state index contributed by atoms with van der Waals surface area (Å²) < 4.78 is 0.177. The summed E-state index contributed by atoms with van der Waals surface area (Å²) in [5, 5.41) is 3.69. The van der Waals surface area contributed by atoms with E-state index in [1.807, 2.05) is 32.6 Å². The quantitative estimate of drug-likeness (QED) is 0.678. The standard InChI is InChI=1S/C12H20ClN3OS4/c1-6-16(7-2)11(17)15-9-8(14-10(13)21-9)12(18-3,19-4)20-5/h6-7H2,1-5H3,(H,15,17). The average molecular weight is 386 g/mol. The zero-order chi connectivity index (χ0) is 16.0. The van der Waals surface area contributed by atoms with Crippen LogP contribution in [0.3, 0.4) is 0 Å². The molecule has 0 radical (unpaired) electrons. The maximum absolute atomic E-state index is 12.3. The molecule has 0 aliphatic carbocycles. The molecular weight excluding hydrogens is 366 g/mol. The summed E-state index contributed by atoms with van der Waals surface area (Å²) in [6, 6.07) is -0.112. The topological polar surface area (TPSA) is 45.2 Å². The van der Waals surface area contributed by atoms with Gasteiger partial charge in [0.25, 0.3) is 0 Å². The largest absolute Gasteiger partial charge is 0.325 e. The molecule has 1 N–H and O–H groups in total. The second-order valence-electron chi connectivity index (χ2n) is 3.92. The van der Waals surface area contributed by atoms with Crippen LogP contribution in [0.4, 0.5) is 9.80 Å². The molecule has 21 heavy (non-hydrogen) atoms. The summed E-state index contributed by atoms with van der Waals surface area (Å²) in [7, 11) is 0. The Balaban J connectivity index is 3.12. The molecule has 0 saturated heterocycles. The van der Waals surface area contributed by atoms with Crippen molar-refractivity contribution in [3.8, 4) is 0 Å². The van der Waals surface area contributed by atoms with Crippen molar-refractivity contribution in [3.63, 3.8) is 0 Å². The third kappa shape index (κ3) is 4.37. The van der Waals surface area contributed by atoms with Gasteiger partial charge in [0.05, 0.1) is 0 Å². The number of anilines is 1. The van der Waals surface area contributed by atoms with Crippen LogP contribution in [-0.2, 0) is 3.41 Å². The first kappa shape index (κ1) is 19.3. The highest BCUT2D eigenvalue weighted by Crippen LogP contribution is 2.55. The summed E-state index contributed by atoms with van der Waals surface area (Å²) in [5.74, 6) is 0. The van der Waals surface area contributed by atoms with E-state index < -0.39 is 0 Å². The van der Waals surface area contributed by atoms with Gasteiger partial charge in [-0.05, 0) is 32.6 Å². The van der Waals surface area contributed by atoms with Gasteiger partial charge in [-0.25, -0.2) is 9.78 Å². The lowest BCUT2D eigenvalue weighted by molar-refractivity contribution is 0.217. The fourth-order valence-corrected chi connectivity index (χ4v) is 6.09. The fraction of sp³-hybridized carbons (Fsp3) is 0.667. The van der Waals surface area contributed by atoms with Crippen LogP contribution in [-0.4, -0.2) is 47.8 Å². The van der Waals surface area contributed by atoms with E-state index in [1.165, 1.54) is 11.3 Å². The van der Waals surface area contributed by atoms with Crippen molar-refractivity contribution in [2.24, 2.45) is 0 Å². The van der Waals surface area contributed by atoms with Crippen LogP contribution in [0.25, 0.3) is 0 Å². The first-order chi connectivity index (χ1) is 9.97. The summed E-state index contributed by atoms with van der Waals surface area (Å²) in [4.78, 5) is 18.4. The molecule has 0 spiro atoms. The molecule has 0 unspecified atom stereocenters. The molecule has 2 amide bonds. The van der Waals surface area contributed by atoms with Crippen molar-refractivity contribution in [2.75, 3.05) is 37.2 Å². The van der Waals surface area contributed by atoms with Crippen molar-refractivity contribution in [2.45, 2.75) is 17.3 Å². The van der Waals surface area contributed by atoms with Gasteiger partial charge in [0, 0.05) is 13.1 Å². The number of carbonyl (C=O) groups excluding carboxylic acids is 1. The lowest BCUT2D eigenvalue weighted by atomic mass is 10.5. The highest BCUT2D eigenvalue weighted by molar-refractivity contribution is 8.32. The second kappa shape index (κ2) is 8.76. The van der Waals surface area contributed by atoms with Gasteiger partial charge in [0.2, 0.25) is 0 Å². The zero-order valence-electron chi connectivity index (χ0n) is 12.7. The molecule has 0 atom stereocenters. The lowest BCUT2D eigenvalue weighted by Crippen LogP contribution is -2.34. The highest BCUT2D eigenvalue weighted by Gasteiger charge is 2.36. The molecule has 1 aromatic rings. The number of halogens is 1. The van der Waals surface area contributed by atoms with E-state index in [0.29, 0.717) is 17.6 Å². The maximum Gasteiger partial charge on any atom is 0.322 e. The van der Waals surface area contributed by atoms with E-state index >= 15 is 0 Å². The molecule has 0 aliphatic rings. The molecule has 1 rings (SSSR count). The van der Waals surface area contributed by atoms with E-state index in [2.05, 4.69) is 10.3 Å². The Kier molecular flexibility index (Phi) is 8.05. The van der Waals surface area contributed by atoms with E-state index in [-0.39, 0.29) is 9.44 Å². The first-order valence-corrected chi connectivity index (χ1v) is 11.2. The number of hydrogen-bond donors (Lipinski definition) is 1. The lowest BCUT2D eigenvalue weighted by Gasteiger charge is -2.27. The molecule has 0 bridgehead atoms. The normalized spacial score (nSPS) is 11.5. The van der Waals surface area contributed by atoms with Crippen molar-refractivity contribution >= 4 is 69.3 Å². The number of aromatic nitrogens is 1. The van der Waals surface area contributed by atoms with Gasteiger partial charge in [-0.15, -0.1) is 35.3 Å². The zero-order valence-corrected chi connectivity index (χ0v) is 16.7. The number of thiazole rings is 1. The summed E-state index contributed by atoms with van der Waals surface area (Å²) in [6.45, 7) is 5.26. The van der Waals surface area contributed by atoms with Crippen LogP contribution < -0.4 is 5.32 Å². The third-order valence-corrected chi connectivity index (χ3v) is 9.24. The Morgan fingerprint density at radius 2 is 1.81 bits per heavy atom. The fourth-order valence-electron chi connectivity index (χ4n) is 1.81. The van der Waals surface area contributed by atoms with E-state index in [1.54, 1.807) is 40.2 Å². The summed E-state index contributed by atoms with van der Waals surface area (Å²) >= 11 is 12.5. The van der Waals surface area contributed by atoms with Gasteiger partial charge in [-0.2, -0.15) is 0 Å². The van der Waals surface area contributed by atoms with Gasteiger partial charge < -0.3 is 4.90 Å². The maximum atomic E-state index is 12.3. The SMILES string of the molecule is CCN(CC)C(=O)Nc1sc(Cl)nc1C(SC)(SC)SC. The van der Waals surface area contributed by atoms with E-state index in [0.717, 1.165) is 10.7 Å². The Labute approximate surface area is 148 Å².